The summed E-state index contributed by atoms with van der Waals surface area (Å²) in [6, 6.07) is 0.839. The molecule has 1 rings (SSSR count). The number of hydrogen-bond donors (Lipinski definition) is 0. The Morgan fingerprint density at radius 3 is 2.54 bits per heavy atom. The van der Waals surface area contributed by atoms with Crippen LogP contribution in [0.3, 0.4) is 0 Å². The summed E-state index contributed by atoms with van der Waals surface area (Å²) in [6.07, 6.45) is 6.54. The molecule has 0 heterocycles. The lowest BCUT2D eigenvalue weighted by molar-refractivity contribution is 0.265. The van der Waals surface area contributed by atoms with Crippen molar-refractivity contribution in [1.82, 2.24) is 4.90 Å². The Morgan fingerprint density at radius 2 is 2.08 bits per heavy atom. The number of rotatable bonds is 3. The SMILES string of the molecule is CC(C)=CCN(C)C1CCC(C)C1. The molecule has 0 aromatic rings. The van der Waals surface area contributed by atoms with E-state index in [1.54, 1.807) is 0 Å². The lowest BCUT2D eigenvalue weighted by Crippen LogP contribution is -2.29. The monoisotopic (exact) mass is 181 g/mol. The number of nitrogens with zero attached hydrogens (tertiary/aromatic N) is 1. The first-order valence-corrected chi connectivity index (χ1v) is 5.43. The van der Waals surface area contributed by atoms with Crippen molar-refractivity contribution in [3.05, 3.63) is 11.6 Å². The fourth-order valence-electron chi connectivity index (χ4n) is 2.05. The predicted molar refractivity (Wildman–Crippen MR) is 58.9 cm³/mol. The summed E-state index contributed by atoms with van der Waals surface area (Å²) < 4.78 is 0. The van der Waals surface area contributed by atoms with E-state index in [0.717, 1.165) is 18.5 Å². The molecule has 0 aromatic heterocycles. The van der Waals surface area contributed by atoms with Crippen LogP contribution in [0.4, 0.5) is 0 Å². The predicted octanol–water partition coefficient (Wildman–Crippen LogP) is 3.07. The van der Waals surface area contributed by atoms with Crippen molar-refractivity contribution >= 4 is 0 Å². The van der Waals surface area contributed by atoms with E-state index >= 15 is 0 Å². The Bertz CT molecular complexity index is 180. The molecule has 0 saturated heterocycles. The van der Waals surface area contributed by atoms with Crippen LogP contribution in [0.15, 0.2) is 11.6 Å². The van der Waals surface area contributed by atoms with E-state index in [-0.39, 0.29) is 0 Å². The van der Waals surface area contributed by atoms with Gasteiger partial charge in [-0.05, 0) is 46.1 Å². The Morgan fingerprint density at radius 1 is 1.38 bits per heavy atom. The van der Waals surface area contributed by atoms with Gasteiger partial charge in [-0.15, -0.1) is 0 Å². The first-order chi connectivity index (χ1) is 6.09. The third kappa shape index (κ3) is 3.51. The summed E-state index contributed by atoms with van der Waals surface area (Å²) in [5, 5.41) is 0. The Kier molecular flexibility index (Phi) is 3.98. The molecule has 0 spiro atoms. The summed E-state index contributed by atoms with van der Waals surface area (Å²) in [4.78, 5) is 2.50. The van der Waals surface area contributed by atoms with Gasteiger partial charge in [0.1, 0.15) is 0 Å². The molecule has 1 nitrogen and oxygen atoms in total. The second-order valence-corrected chi connectivity index (χ2v) is 4.79. The minimum Gasteiger partial charge on any atom is -0.300 e. The molecule has 0 aromatic carbocycles. The van der Waals surface area contributed by atoms with Crippen molar-refractivity contribution in [2.24, 2.45) is 5.92 Å². The first-order valence-electron chi connectivity index (χ1n) is 5.43. The van der Waals surface area contributed by atoms with E-state index in [9.17, 15) is 0 Å². The third-order valence-corrected chi connectivity index (χ3v) is 3.08. The maximum atomic E-state index is 2.50. The van der Waals surface area contributed by atoms with Crippen molar-refractivity contribution in [3.8, 4) is 0 Å². The zero-order valence-corrected chi connectivity index (χ0v) is 9.51. The topological polar surface area (TPSA) is 3.24 Å². The molecule has 1 saturated carbocycles. The third-order valence-electron chi connectivity index (χ3n) is 3.08. The zero-order valence-electron chi connectivity index (χ0n) is 9.51. The largest absolute Gasteiger partial charge is 0.300 e. The van der Waals surface area contributed by atoms with Crippen molar-refractivity contribution in [3.63, 3.8) is 0 Å². The molecule has 13 heavy (non-hydrogen) atoms. The Labute approximate surface area is 82.8 Å². The van der Waals surface area contributed by atoms with Gasteiger partial charge in [0.2, 0.25) is 0 Å². The molecule has 0 bridgehead atoms. The maximum Gasteiger partial charge on any atom is 0.0165 e. The first kappa shape index (κ1) is 10.8. The molecule has 1 aliphatic carbocycles. The van der Waals surface area contributed by atoms with E-state index in [4.69, 9.17) is 0 Å². The van der Waals surface area contributed by atoms with Crippen LogP contribution in [0.2, 0.25) is 0 Å². The van der Waals surface area contributed by atoms with E-state index in [1.807, 2.05) is 0 Å². The fourth-order valence-corrected chi connectivity index (χ4v) is 2.05. The summed E-state index contributed by atoms with van der Waals surface area (Å²) in [6.45, 7) is 7.84. The highest BCUT2D eigenvalue weighted by Gasteiger charge is 2.23. The second-order valence-electron chi connectivity index (χ2n) is 4.79. The number of allylic oxidation sites excluding steroid dienone is 1. The van der Waals surface area contributed by atoms with E-state index in [0.29, 0.717) is 0 Å². The molecule has 0 N–H and O–H groups in total. The normalized spacial score (nSPS) is 28.1. The van der Waals surface area contributed by atoms with Crippen LogP contribution in [-0.2, 0) is 0 Å². The molecule has 0 aliphatic heterocycles. The summed E-state index contributed by atoms with van der Waals surface area (Å²) in [7, 11) is 2.25. The molecule has 0 amide bonds. The molecule has 1 aliphatic rings. The highest BCUT2D eigenvalue weighted by atomic mass is 15.1. The van der Waals surface area contributed by atoms with Crippen LogP contribution in [0, 0.1) is 5.92 Å². The minimum absolute atomic E-state index is 0.839. The van der Waals surface area contributed by atoms with Gasteiger partial charge in [0.05, 0.1) is 0 Å². The van der Waals surface area contributed by atoms with Gasteiger partial charge in [-0.25, -0.2) is 0 Å². The van der Waals surface area contributed by atoms with Crippen molar-refractivity contribution in [2.75, 3.05) is 13.6 Å². The van der Waals surface area contributed by atoms with Gasteiger partial charge in [-0.2, -0.15) is 0 Å². The van der Waals surface area contributed by atoms with Crippen molar-refractivity contribution in [2.45, 2.75) is 46.1 Å². The van der Waals surface area contributed by atoms with Gasteiger partial charge >= 0.3 is 0 Å². The fraction of sp³-hybridized carbons (Fsp3) is 0.833. The molecule has 2 unspecified atom stereocenters. The summed E-state index contributed by atoms with van der Waals surface area (Å²) in [5.74, 6) is 0.944. The standard InChI is InChI=1S/C12H23N/c1-10(2)7-8-13(4)12-6-5-11(3)9-12/h7,11-12H,5-6,8-9H2,1-4H3. The van der Waals surface area contributed by atoms with Gasteiger partial charge in [0.15, 0.2) is 0 Å². The zero-order chi connectivity index (χ0) is 9.84. The quantitative estimate of drug-likeness (QED) is 0.605. The average Bonchev–Trinajstić information content (AvgIpc) is 2.47. The molecule has 1 heteroatoms. The highest BCUT2D eigenvalue weighted by Crippen LogP contribution is 2.27. The lowest BCUT2D eigenvalue weighted by atomic mass is 10.1. The van der Waals surface area contributed by atoms with Crippen LogP contribution in [0.1, 0.15) is 40.0 Å². The van der Waals surface area contributed by atoms with Gasteiger partial charge in [0.25, 0.3) is 0 Å². The molecule has 2 atom stereocenters. The minimum atomic E-state index is 0.839. The number of likely N-dealkylation sites (N-methyl/N-ethyl adjacent to an activating group) is 1. The van der Waals surface area contributed by atoms with E-state index in [2.05, 4.69) is 38.8 Å². The maximum absolute atomic E-state index is 2.50. The average molecular weight is 181 g/mol. The second kappa shape index (κ2) is 4.80. The van der Waals surface area contributed by atoms with Gasteiger partial charge in [-0.3, -0.25) is 4.90 Å². The molecular weight excluding hydrogens is 158 g/mol. The smallest absolute Gasteiger partial charge is 0.0165 e. The van der Waals surface area contributed by atoms with Crippen LogP contribution < -0.4 is 0 Å². The van der Waals surface area contributed by atoms with Gasteiger partial charge < -0.3 is 0 Å². The molecule has 76 valence electrons. The van der Waals surface area contributed by atoms with Crippen LogP contribution in [0.25, 0.3) is 0 Å². The van der Waals surface area contributed by atoms with Crippen LogP contribution in [0.5, 0.6) is 0 Å². The number of hydrogen-bond acceptors (Lipinski definition) is 1. The molecular formula is C12H23N. The van der Waals surface area contributed by atoms with Gasteiger partial charge in [-0.1, -0.05) is 18.6 Å². The van der Waals surface area contributed by atoms with E-state index in [1.165, 1.54) is 24.8 Å². The molecule has 1 fully saturated rings. The Hall–Kier alpha value is -0.300. The van der Waals surface area contributed by atoms with Crippen LogP contribution in [-0.4, -0.2) is 24.5 Å². The van der Waals surface area contributed by atoms with Crippen molar-refractivity contribution in [1.29, 1.82) is 0 Å². The summed E-state index contributed by atoms with van der Waals surface area (Å²) >= 11 is 0. The summed E-state index contributed by atoms with van der Waals surface area (Å²) in [5.41, 5.74) is 1.43. The lowest BCUT2D eigenvalue weighted by Gasteiger charge is -2.22. The van der Waals surface area contributed by atoms with Crippen molar-refractivity contribution < 1.29 is 0 Å². The van der Waals surface area contributed by atoms with E-state index < -0.39 is 0 Å². The van der Waals surface area contributed by atoms with Crippen LogP contribution >= 0.6 is 0 Å². The van der Waals surface area contributed by atoms with Gasteiger partial charge in [0, 0.05) is 12.6 Å². The molecule has 0 radical (unpaired) electrons. The Balaban J connectivity index is 2.31. The highest BCUT2D eigenvalue weighted by molar-refractivity contribution is 4.95.